The van der Waals surface area contributed by atoms with Gasteiger partial charge in [-0.1, -0.05) is 30.4 Å². The van der Waals surface area contributed by atoms with Gasteiger partial charge in [-0.15, -0.1) is 0 Å². The fourth-order valence-electron chi connectivity index (χ4n) is 5.81. The van der Waals surface area contributed by atoms with Gasteiger partial charge in [0.25, 0.3) is 17.4 Å². The molecule has 0 bridgehead atoms. The lowest BCUT2D eigenvalue weighted by Gasteiger charge is -2.27. The summed E-state index contributed by atoms with van der Waals surface area (Å²) in [4.78, 5) is 52.5. The number of ether oxygens (including phenoxy) is 1. The van der Waals surface area contributed by atoms with Gasteiger partial charge in [0.15, 0.2) is 11.6 Å². The monoisotopic (exact) mass is 675 g/mol. The molecule has 2 aliphatic heterocycles. The number of nitrogens with zero attached hydrogens (tertiary/aromatic N) is 4. The number of aromatic nitrogens is 4. The van der Waals surface area contributed by atoms with Crippen LogP contribution in [0.5, 0.6) is 0 Å². The van der Waals surface area contributed by atoms with Crippen LogP contribution in [-0.2, 0) is 16.1 Å². The van der Waals surface area contributed by atoms with Crippen molar-refractivity contribution in [2.24, 2.45) is 0 Å². The Morgan fingerprint density at radius 3 is 2.64 bits per heavy atom. The second-order valence-corrected chi connectivity index (χ2v) is 11.8. The van der Waals surface area contributed by atoms with E-state index in [2.05, 4.69) is 30.5 Å². The van der Waals surface area contributed by atoms with Crippen molar-refractivity contribution in [3.05, 3.63) is 136 Å². The average Bonchev–Trinajstić information content (AvgIpc) is 3.73. The second-order valence-electron chi connectivity index (χ2n) is 11.8. The molecule has 0 aliphatic carbocycles. The van der Waals surface area contributed by atoms with E-state index < -0.39 is 23.1 Å². The molecule has 5 heterocycles. The van der Waals surface area contributed by atoms with Crippen molar-refractivity contribution in [1.82, 2.24) is 24.8 Å². The minimum Gasteiger partial charge on any atom is -0.378 e. The molecule has 1 fully saturated rings. The van der Waals surface area contributed by atoms with Gasteiger partial charge >= 0.3 is 0 Å². The molecule has 7 rings (SSSR count). The van der Waals surface area contributed by atoms with Crippen LogP contribution in [0.25, 0.3) is 28.9 Å². The third kappa shape index (κ3) is 6.98. The molecule has 0 atom stereocenters. The molecule has 5 aromatic rings. The third-order valence-corrected chi connectivity index (χ3v) is 8.42. The smallest absolute Gasteiger partial charge is 0.266 e. The zero-order valence-electron chi connectivity index (χ0n) is 26.7. The van der Waals surface area contributed by atoms with Gasteiger partial charge in [0.05, 0.1) is 31.7 Å². The molecule has 50 heavy (non-hydrogen) atoms. The van der Waals surface area contributed by atoms with Gasteiger partial charge in [0, 0.05) is 66.3 Å². The number of H-pyrrole nitrogens is 1. The summed E-state index contributed by atoms with van der Waals surface area (Å²) < 4.78 is 33.4. The fourth-order valence-corrected chi connectivity index (χ4v) is 5.81. The van der Waals surface area contributed by atoms with Crippen LogP contribution in [0, 0.1) is 11.6 Å². The van der Waals surface area contributed by atoms with Crippen LogP contribution in [0.2, 0.25) is 0 Å². The van der Waals surface area contributed by atoms with E-state index in [1.165, 1.54) is 12.4 Å². The molecule has 13 heteroatoms. The highest BCUT2D eigenvalue weighted by molar-refractivity contribution is 6.35. The van der Waals surface area contributed by atoms with Gasteiger partial charge in [-0.2, -0.15) is 0 Å². The van der Waals surface area contributed by atoms with Crippen LogP contribution in [0.4, 0.5) is 20.3 Å². The quantitative estimate of drug-likeness (QED) is 0.192. The highest BCUT2D eigenvalue weighted by Gasteiger charge is 2.24. The number of fused-ring (bicyclic) bond motifs is 1. The zero-order chi connectivity index (χ0) is 34.6. The van der Waals surface area contributed by atoms with Crippen LogP contribution >= 0.6 is 0 Å². The van der Waals surface area contributed by atoms with Gasteiger partial charge in [-0.25, -0.2) is 18.7 Å². The molecule has 11 nitrogen and oxygen atoms in total. The van der Waals surface area contributed by atoms with E-state index in [1.807, 2.05) is 54.9 Å². The van der Waals surface area contributed by atoms with Crippen LogP contribution in [0.15, 0.2) is 90.4 Å². The van der Waals surface area contributed by atoms with Crippen molar-refractivity contribution in [1.29, 1.82) is 0 Å². The van der Waals surface area contributed by atoms with Crippen molar-refractivity contribution < 1.29 is 23.1 Å². The number of morpholine rings is 1. The highest BCUT2D eigenvalue weighted by atomic mass is 19.2. The van der Waals surface area contributed by atoms with E-state index in [0.717, 1.165) is 69.8 Å². The standard InChI is InChI=1S/C37H31F2N7O4/c38-31-7-4-24(14-32(31)39)21-46-22-40-20-30(37(46)49)35(47)41-9-1-2-23-3-6-28-29(36(48)44-33(28)15-23)17-27-16-26(19-42-27)25-5-8-34(43-18-25)45-10-12-50-13-11-45/h1-8,14-20,22,42H,9-13,21H2,(H,41,47)(H,44,48). The number of hydrogen-bond donors (Lipinski definition) is 3. The maximum absolute atomic E-state index is 13.6. The van der Waals surface area contributed by atoms with E-state index in [0.29, 0.717) is 30.0 Å². The first kappa shape index (κ1) is 32.3. The van der Waals surface area contributed by atoms with Gasteiger partial charge in [0.2, 0.25) is 0 Å². The molecular formula is C37H31F2N7O4. The van der Waals surface area contributed by atoms with E-state index in [9.17, 15) is 23.2 Å². The maximum atomic E-state index is 13.6. The lowest BCUT2D eigenvalue weighted by molar-refractivity contribution is -0.110. The van der Waals surface area contributed by atoms with Crippen molar-refractivity contribution in [2.75, 3.05) is 43.1 Å². The first-order valence-electron chi connectivity index (χ1n) is 15.9. The number of amides is 2. The van der Waals surface area contributed by atoms with E-state index in [1.54, 1.807) is 12.2 Å². The summed E-state index contributed by atoms with van der Waals surface area (Å²) in [5.41, 5.74) is 5.01. The van der Waals surface area contributed by atoms with Crippen molar-refractivity contribution >= 4 is 41.0 Å². The Morgan fingerprint density at radius 2 is 1.84 bits per heavy atom. The predicted molar refractivity (Wildman–Crippen MR) is 185 cm³/mol. The molecule has 0 unspecified atom stereocenters. The molecule has 252 valence electrons. The van der Waals surface area contributed by atoms with Gasteiger partial charge < -0.3 is 25.3 Å². The first-order valence-corrected chi connectivity index (χ1v) is 15.9. The van der Waals surface area contributed by atoms with Crippen LogP contribution in [0.1, 0.15) is 32.7 Å². The zero-order valence-corrected chi connectivity index (χ0v) is 26.7. The number of benzene rings is 2. The number of nitrogens with one attached hydrogen (secondary N) is 3. The largest absolute Gasteiger partial charge is 0.378 e. The van der Waals surface area contributed by atoms with Crippen molar-refractivity contribution in [3.63, 3.8) is 0 Å². The molecule has 2 aliphatic rings. The second kappa shape index (κ2) is 14.1. The summed E-state index contributed by atoms with van der Waals surface area (Å²) in [6, 6.07) is 14.9. The minimum absolute atomic E-state index is 0.0793. The Hall–Kier alpha value is -6.21. The Morgan fingerprint density at radius 1 is 0.980 bits per heavy atom. The number of halogens is 2. The SMILES string of the molecule is O=C1Nc2cc(C=CCNC(=O)c3cncn(Cc4ccc(F)c(F)c4)c3=O)ccc2C1=Cc1cc(-c2ccc(N3CCOCC3)nc2)c[nH]1. The first-order chi connectivity index (χ1) is 24.3. The summed E-state index contributed by atoms with van der Waals surface area (Å²) in [5.74, 6) is -1.94. The number of carbonyl (C=O) groups excluding carboxylic acids is 2. The number of aromatic amines is 1. The Kier molecular flexibility index (Phi) is 9.12. The Balaban J connectivity index is 0.971. The molecule has 3 aromatic heterocycles. The number of anilines is 2. The molecule has 0 saturated carbocycles. The summed E-state index contributed by atoms with van der Waals surface area (Å²) in [6.07, 6.45) is 11.4. The summed E-state index contributed by atoms with van der Waals surface area (Å²) in [7, 11) is 0. The molecule has 2 aromatic carbocycles. The Labute approximate surface area is 285 Å². The summed E-state index contributed by atoms with van der Waals surface area (Å²) in [5, 5.41) is 5.58. The third-order valence-electron chi connectivity index (χ3n) is 8.42. The fraction of sp³-hybridized carbons (Fsp3) is 0.162. The molecule has 2 amide bonds. The van der Waals surface area contributed by atoms with Crippen LogP contribution in [-0.4, -0.2) is 64.2 Å². The molecule has 3 N–H and O–H groups in total. The lowest BCUT2D eigenvalue weighted by Crippen LogP contribution is -2.36. The van der Waals surface area contributed by atoms with Gasteiger partial charge in [-0.3, -0.25) is 19.0 Å². The Bertz CT molecular complexity index is 2200. The minimum atomic E-state index is -1.03. The molecule has 0 radical (unpaired) electrons. The number of hydrogen-bond acceptors (Lipinski definition) is 7. The predicted octanol–water partition coefficient (Wildman–Crippen LogP) is 4.73. The van der Waals surface area contributed by atoms with Gasteiger partial charge in [0.1, 0.15) is 11.4 Å². The van der Waals surface area contributed by atoms with Crippen molar-refractivity contribution in [2.45, 2.75) is 6.54 Å². The topological polar surface area (TPSA) is 134 Å². The number of rotatable bonds is 9. The number of pyridine rings is 1. The molecule has 1 saturated heterocycles. The van der Waals surface area contributed by atoms with E-state index >= 15 is 0 Å². The summed E-state index contributed by atoms with van der Waals surface area (Å²) in [6.45, 7) is 3.07. The van der Waals surface area contributed by atoms with Crippen LogP contribution < -0.4 is 21.1 Å². The van der Waals surface area contributed by atoms with Gasteiger partial charge in [-0.05, 0) is 53.6 Å². The van der Waals surface area contributed by atoms with Crippen molar-refractivity contribution in [3.8, 4) is 11.1 Å². The summed E-state index contributed by atoms with van der Waals surface area (Å²) >= 11 is 0. The number of carbonyl (C=O) groups is 2. The average molecular weight is 676 g/mol. The van der Waals surface area contributed by atoms with E-state index in [-0.39, 0.29) is 24.6 Å². The van der Waals surface area contributed by atoms with Crippen LogP contribution in [0.3, 0.4) is 0 Å². The molecule has 0 spiro atoms. The maximum Gasteiger partial charge on any atom is 0.266 e. The highest BCUT2D eigenvalue weighted by Crippen LogP contribution is 2.34. The lowest BCUT2D eigenvalue weighted by atomic mass is 10.0. The van der Waals surface area contributed by atoms with E-state index in [4.69, 9.17) is 4.74 Å². The molecular weight excluding hydrogens is 644 g/mol. The normalized spacial score (nSPS) is 15.0.